The van der Waals surface area contributed by atoms with E-state index in [-0.39, 0.29) is 10.8 Å². The molecule has 332 valence electrons. The van der Waals surface area contributed by atoms with Crippen molar-refractivity contribution in [3.05, 3.63) is 229 Å². The molecule has 10 aromatic carbocycles. The van der Waals surface area contributed by atoms with Crippen molar-refractivity contribution in [1.29, 1.82) is 0 Å². The van der Waals surface area contributed by atoms with Crippen molar-refractivity contribution < 1.29 is 0 Å². The molecule has 0 fully saturated rings. The number of aromatic amines is 1. The molecule has 0 aliphatic heterocycles. The van der Waals surface area contributed by atoms with Gasteiger partial charge >= 0.3 is 0 Å². The maximum absolute atomic E-state index is 3.74. The van der Waals surface area contributed by atoms with Crippen LogP contribution in [0.25, 0.3) is 121 Å². The fourth-order valence-corrected chi connectivity index (χ4v) is 13.0. The zero-order valence-corrected chi connectivity index (χ0v) is 39.7. The summed E-state index contributed by atoms with van der Waals surface area (Å²) in [6.45, 7) is 9.46. The molecular weight excluding hydrogens is 847 g/mol. The van der Waals surface area contributed by atoms with Crippen molar-refractivity contribution in [1.82, 2.24) is 14.1 Å². The summed E-state index contributed by atoms with van der Waals surface area (Å²) < 4.78 is 4.93. The van der Waals surface area contributed by atoms with E-state index >= 15 is 0 Å². The quantitative estimate of drug-likeness (QED) is 0.178. The number of benzene rings is 10. The Bertz CT molecular complexity index is 4400. The Morgan fingerprint density at radius 1 is 0.343 bits per heavy atom. The number of H-pyrrole nitrogens is 1. The first-order chi connectivity index (χ1) is 34.3. The van der Waals surface area contributed by atoms with Crippen molar-refractivity contribution in [2.24, 2.45) is 0 Å². The predicted octanol–water partition coefficient (Wildman–Crippen LogP) is 17.9. The Hall–Kier alpha value is -8.40. The summed E-state index contributed by atoms with van der Waals surface area (Å²) >= 11 is 0. The molecule has 0 amide bonds. The molecule has 3 aromatic heterocycles. The Labute approximate surface area is 406 Å². The molecule has 0 radical (unpaired) electrons. The van der Waals surface area contributed by atoms with Crippen molar-refractivity contribution in [2.45, 2.75) is 44.9 Å². The zero-order valence-electron chi connectivity index (χ0n) is 39.7. The molecule has 0 saturated carbocycles. The molecule has 13 aromatic rings. The maximum atomic E-state index is 3.74. The molecule has 3 heterocycles. The lowest BCUT2D eigenvalue weighted by atomic mass is 9.78. The number of rotatable bonds is 5. The summed E-state index contributed by atoms with van der Waals surface area (Å²) in [7, 11) is 0. The highest BCUT2D eigenvalue weighted by molar-refractivity contribution is 6.14. The normalized spacial score (nSPS) is 15.7. The van der Waals surface area contributed by atoms with E-state index in [1.165, 1.54) is 133 Å². The highest BCUT2D eigenvalue weighted by Crippen LogP contribution is 2.52. The second-order valence-electron chi connectivity index (χ2n) is 20.7. The lowest BCUT2D eigenvalue weighted by Crippen LogP contribution is -2.19. The lowest BCUT2D eigenvalue weighted by molar-refractivity contribution is 0.564. The van der Waals surface area contributed by atoms with Crippen LogP contribution in [0.15, 0.2) is 206 Å². The lowest BCUT2D eigenvalue weighted by Gasteiger charge is -2.26. The van der Waals surface area contributed by atoms with Gasteiger partial charge in [-0.25, -0.2) is 0 Å². The van der Waals surface area contributed by atoms with E-state index in [0.717, 1.165) is 17.5 Å². The first-order valence-corrected chi connectivity index (χ1v) is 24.9. The summed E-state index contributed by atoms with van der Waals surface area (Å²) in [6.07, 6.45) is 1.05. The smallest absolute Gasteiger partial charge is 0.0541 e. The summed E-state index contributed by atoms with van der Waals surface area (Å²) in [5.74, 6) is 0. The Morgan fingerprint density at radius 3 is 1.31 bits per heavy atom. The van der Waals surface area contributed by atoms with Gasteiger partial charge in [-0.2, -0.15) is 0 Å². The number of hydrogen-bond acceptors (Lipinski definition) is 0. The van der Waals surface area contributed by atoms with Crippen LogP contribution in [-0.4, -0.2) is 14.1 Å². The van der Waals surface area contributed by atoms with E-state index < -0.39 is 0 Å². The first kappa shape index (κ1) is 39.6. The number of aromatic nitrogens is 3. The van der Waals surface area contributed by atoms with Crippen LogP contribution in [0.2, 0.25) is 0 Å². The molecule has 1 atom stereocenters. The third-order valence-corrected chi connectivity index (χ3v) is 16.8. The molecule has 3 nitrogen and oxygen atoms in total. The second-order valence-corrected chi connectivity index (χ2v) is 20.7. The fraction of sp³-hybridized carbons (Fsp3) is 0.104. The predicted molar refractivity (Wildman–Crippen MR) is 295 cm³/mol. The van der Waals surface area contributed by atoms with Crippen molar-refractivity contribution in [2.75, 3.05) is 0 Å². The SMILES string of the molecule is CCC1(C)c2ccccc2-c2ccc(-n3c4ccccc4c4cc(-c5ccc6[nH]c7ccc(-c8ccc9c(c8)c8ccccc8n9-c8ccc9c(c8)C(C)(C)c8ccccc8-9)cc7c6c5)ccc43)cc21. The van der Waals surface area contributed by atoms with Crippen LogP contribution in [0, 0.1) is 0 Å². The molecule has 1 unspecified atom stereocenters. The number of nitrogens with zero attached hydrogens (tertiary/aromatic N) is 2. The topological polar surface area (TPSA) is 25.6 Å². The van der Waals surface area contributed by atoms with Gasteiger partial charge in [0.25, 0.3) is 0 Å². The van der Waals surface area contributed by atoms with E-state index in [4.69, 9.17) is 0 Å². The average Bonchev–Trinajstić information content (AvgIpc) is 4.17. The molecule has 0 bridgehead atoms. The Morgan fingerprint density at radius 2 is 0.757 bits per heavy atom. The highest BCUT2D eigenvalue weighted by Gasteiger charge is 2.38. The van der Waals surface area contributed by atoms with Gasteiger partial charge in [0.1, 0.15) is 0 Å². The second kappa shape index (κ2) is 14.1. The van der Waals surface area contributed by atoms with Gasteiger partial charge in [0.2, 0.25) is 0 Å². The van der Waals surface area contributed by atoms with E-state index in [2.05, 4.69) is 248 Å². The standard InChI is InChI=1S/C67H49N3/c1-5-67(4)57-19-11-7-15-47(57)49-29-27-45(39-59(49)67)70-63-21-13-9-17-51(63)55-37-43(25-33-65(55)70)41-23-31-61-53(35-41)52-34-40(22-30-60(52)68-61)42-24-32-64-54(36-42)50-16-8-12-20-62(50)69(64)44-26-28-48-46-14-6-10-18-56(46)66(2,3)58(48)38-44/h6-39,68H,5H2,1-4H3. The largest absolute Gasteiger partial charge is 0.355 e. The van der Waals surface area contributed by atoms with E-state index in [1.54, 1.807) is 0 Å². The van der Waals surface area contributed by atoms with Gasteiger partial charge < -0.3 is 14.1 Å². The minimum absolute atomic E-state index is 0.0271. The molecule has 15 rings (SSSR count). The van der Waals surface area contributed by atoms with Crippen LogP contribution in [0.5, 0.6) is 0 Å². The summed E-state index contributed by atoms with van der Waals surface area (Å²) in [6, 6.07) is 77.8. The van der Waals surface area contributed by atoms with Gasteiger partial charge in [0.15, 0.2) is 0 Å². The molecular formula is C67H49N3. The summed E-state index contributed by atoms with van der Waals surface area (Å²) in [5, 5.41) is 7.51. The molecule has 1 N–H and O–H groups in total. The monoisotopic (exact) mass is 895 g/mol. The zero-order chi connectivity index (χ0) is 46.6. The number of nitrogens with one attached hydrogen (secondary N) is 1. The van der Waals surface area contributed by atoms with Crippen LogP contribution >= 0.6 is 0 Å². The van der Waals surface area contributed by atoms with Gasteiger partial charge in [-0.05, 0) is 158 Å². The summed E-state index contributed by atoms with van der Waals surface area (Å²) in [4.78, 5) is 3.74. The van der Waals surface area contributed by atoms with Crippen LogP contribution in [0.3, 0.4) is 0 Å². The molecule has 0 saturated heterocycles. The van der Waals surface area contributed by atoms with Crippen LogP contribution in [-0.2, 0) is 10.8 Å². The highest BCUT2D eigenvalue weighted by atomic mass is 15.0. The average molecular weight is 896 g/mol. The van der Waals surface area contributed by atoms with E-state index in [1.807, 2.05) is 0 Å². The van der Waals surface area contributed by atoms with E-state index in [9.17, 15) is 0 Å². The first-order valence-electron chi connectivity index (χ1n) is 24.9. The van der Waals surface area contributed by atoms with Gasteiger partial charge in [0, 0.05) is 65.6 Å². The fourth-order valence-electron chi connectivity index (χ4n) is 13.0. The molecule has 2 aliphatic carbocycles. The van der Waals surface area contributed by atoms with Gasteiger partial charge in [0.05, 0.1) is 22.1 Å². The van der Waals surface area contributed by atoms with Crippen LogP contribution in [0.1, 0.15) is 56.4 Å². The number of hydrogen-bond donors (Lipinski definition) is 1. The Kier molecular flexibility index (Phi) is 7.97. The minimum atomic E-state index is -0.0691. The van der Waals surface area contributed by atoms with Crippen LogP contribution in [0.4, 0.5) is 0 Å². The van der Waals surface area contributed by atoms with Crippen molar-refractivity contribution in [3.63, 3.8) is 0 Å². The van der Waals surface area contributed by atoms with Gasteiger partial charge in [-0.1, -0.05) is 149 Å². The van der Waals surface area contributed by atoms with Crippen molar-refractivity contribution in [3.8, 4) is 55.9 Å². The van der Waals surface area contributed by atoms with Gasteiger partial charge in [-0.3, -0.25) is 0 Å². The van der Waals surface area contributed by atoms with E-state index in [0.29, 0.717) is 0 Å². The van der Waals surface area contributed by atoms with Crippen molar-refractivity contribution >= 4 is 65.4 Å². The third kappa shape index (κ3) is 5.30. The number of fused-ring (bicyclic) bond motifs is 15. The third-order valence-electron chi connectivity index (χ3n) is 16.8. The molecule has 2 aliphatic rings. The Balaban J connectivity index is 0.818. The maximum Gasteiger partial charge on any atom is 0.0541 e. The van der Waals surface area contributed by atoms with Crippen LogP contribution < -0.4 is 0 Å². The summed E-state index contributed by atoms with van der Waals surface area (Å²) in [5.41, 5.74) is 25.4. The molecule has 0 spiro atoms. The minimum Gasteiger partial charge on any atom is -0.355 e. The molecule has 70 heavy (non-hydrogen) atoms. The molecule has 3 heteroatoms. The van der Waals surface area contributed by atoms with Gasteiger partial charge in [-0.15, -0.1) is 0 Å². The number of para-hydroxylation sites is 2.